The summed E-state index contributed by atoms with van der Waals surface area (Å²) in [6.45, 7) is 5.56. The van der Waals surface area contributed by atoms with Crippen LogP contribution >= 0.6 is 0 Å². The van der Waals surface area contributed by atoms with Gasteiger partial charge in [-0.05, 0) is 38.6 Å². The first-order chi connectivity index (χ1) is 8.27. The summed E-state index contributed by atoms with van der Waals surface area (Å²) in [5, 5.41) is 11.8. The molecule has 0 spiro atoms. The van der Waals surface area contributed by atoms with Crippen LogP contribution < -0.4 is 5.32 Å². The van der Waals surface area contributed by atoms with Crippen LogP contribution in [0, 0.1) is 0 Å². The fourth-order valence-corrected chi connectivity index (χ4v) is 1.47. The molecule has 0 aliphatic heterocycles. The maximum Gasteiger partial charge on any atom is 0.303 e. The maximum atomic E-state index is 10.3. The summed E-state index contributed by atoms with van der Waals surface area (Å²) in [7, 11) is 0. The van der Waals surface area contributed by atoms with E-state index in [0.29, 0.717) is 6.42 Å². The second-order valence-corrected chi connectivity index (χ2v) is 4.10. The van der Waals surface area contributed by atoms with Crippen LogP contribution in [0.25, 0.3) is 0 Å². The van der Waals surface area contributed by atoms with Gasteiger partial charge in [-0.25, -0.2) is 0 Å². The molecule has 17 heavy (non-hydrogen) atoms. The van der Waals surface area contributed by atoms with Gasteiger partial charge in [0.25, 0.3) is 0 Å². The van der Waals surface area contributed by atoms with Crippen molar-refractivity contribution < 1.29 is 9.90 Å². The highest BCUT2D eigenvalue weighted by Gasteiger charge is 1.95. The van der Waals surface area contributed by atoms with Crippen LogP contribution in [-0.4, -0.2) is 24.2 Å². The van der Waals surface area contributed by atoms with Crippen molar-refractivity contribution in [2.75, 3.05) is 13.1 Å². The number of carboxylic acids is 1. The van der Waals surface area contributed by atoms with Gasteiger partial charge in [0.2, 0.25) is 0 Å². The Morgan fingerprint density at radius 2 is 1.94 bits per heavy atom. The molecule has 0 aromatic rings. The number of unbranched alkanes of at least 4 members (excludes halogenated alkanes) is 4. The maximum absolute atomic E-state index is 10.3. The molecule has 0 aromatic carbocycles. The second kappa shape index (κ2) is 13.0. The lowest BCUT2D eigenvalue weighted by Crippen LogP contribution is -2.14. The van der Waals surface area contributed by atoms with Gasteiger partial charge in [-0.15, -0.1) is 6.58 Å². The second-order valence-electron chi connectivity index (χ2n) is 4.10. The van der Waals surface area contributed by atoms with Gasteiger partial charge in [-0.1, -0.05) is 24.6 Å². The SMILES string of the molecule is C=CCCCC=CCNCCCCCC(=O)O. The molecular formula is C14H25NO2. The average molecular weight is 239 g/mol. The van der Waals surface area contributed by atoms with Crippen LogP contribution in [0.3, 0.4) is 0 Å². The molecule has 0 bridgehead atoms. The summed E-state index contributed by atoms with van der Waals surface area (Å²) < 4.78 is 0. The Labute approximate surface area is 105 Å². The van der Waals surface area contributed by atoms with Gasteiger partial charge in [-0.3, -0.25) is 4.79 Å². The molecule has 0 aromatic heterocycles. The van der Waals surface area contributed by atoms with Crippen molar-refractivity contribution in [3.63, 3.8) is 0 Å². The Kier molecular flexibility index (Phi) is 12.1. The lowest BCUT2D eigenvalue weighted by molar-refractivity contribution is -0.137. The molecule has 0 heterocycles. The summed E-state index contributed by atoms with van der Waals surface area (Å²) in [6, 6.07) is 0. The van der Waals surface area contributed by atoms with E-state index >= 15 is 0 Å². The lowest BCUT2D eigenvalue weighted by atomic mass is 10.2. The summed E-state index contributed by atoms with van der Waals surface area (Å²) in [4.78, 5) is 10.3. The molecule has 0 aliphatic rings. The fourth-order valence-electron chi connectivity index (χ4n) is 1.47. The van der Waals surface area contributed by atoms with Crippen molar-refractivity contribution in [1.29, 1.82) is 0 Å². The first-order valence-electron chi connectivity index (χ1n) is 6.45. The molecule has 3 nitrogen and oxygen atoms in total. The summed E-state index contributed by atoms with van der Waals surface area (Å²) in [5.74, 6) is -0.694. The smallest absolute Gasteiger partial charge is 0.303 e. The molecule has 0 fully saturated rings. The summed E-state index contributed by atoms with van der Waals surface area (Å²) >= 11 is 0. The number of hydrogen-bond acceptors (Lipinski definition) is 2. The van der Waals surface area contributed by atoms with Crippen LogP contribution in [0.15, 0.2) is 24.8 Å². The lowest BCUT2D eigenvalue weighted by Gasteiger charge is -2.00. The van der Waals surface area contributed by atoms with Crippen molar-refractivity contribution in [1.82, 2.24) is 5.32 Å². The van der Waals surface area contributed by atoms with Crippen molar-refractivity contribution in [3.05, 3.63) is 24.8 Å². The summed E-state index contributed by atoms with van der Waals surface area (Å²) in [5.41, 5.74) is 0. The normalized spacial score (nSPS) is 10.8. The zero-order chi connectivity index (χ0) is 12.8. The molecule has 0 atom stereocenters. The molecule has 3 heteroatoms. The quantitative estimate of drug-likeness (QED) is 0.406. The van der Waals surface area contributed by atoms with E-state index in [1.165, 1.54) is 6.42 Å². The van der Waals surface area contributed by atoms with Crippen LogP contribution in [0.4, 0.5) is 0 Å². The van der Waals surface area contributed by atoms with Crippen molar-refractivity contribution in [2.45, 2.75) is 44.9 Å². The largest absolute Gasteiger partial charge is 0.481 e. The predicted molar refractivity (Wildman–Crippen MR) is 72.2 cm³/mol. The number of hydrogen-bond donors (Lipinski definition) is 2. The number of allylic oxidation sites excluding steroid dienone is 2. The molecule has 0 saturated heterocycles. The third-order valence-electron chi connectivity index (χ3n) is 2.45. The Bertz CT molecular complexity index is 224. The molecule has 98 valence electrons. The number of nitrogens with one attached hydrogen (secondary N) is 1. The van der Waals surface area contributed by atoms with Gasteiger partial charge < -0.3 is 10.4 Å². The number of carbonyl (C=O) groups is 1. The predicted octanol–water partition coefficient (Wildman–Crippen LogP) is 3.13. The average Bonchev–Trinajstić information content (AvgIpc) is 2.30. The molecule has 0 unspecified atom stereocenters. The molecule has 0 amide bonds. The topological polar surface area (TPSA) is 49.3 Å². The highest BCUT2D eigenvalue weighted by atomic mass is 16.4. The van der Waals surface area contributed by atoms with E-state index in [1.807, 2.05) is 6.08 Å². The van der Waals surface area contributed by atoms with E-state index in [9.17, 15) is 4.79 Å². The minimum absolute atomic E-state index is 0.295. The first kappa shape index (κ1) is 15.9. The summed E-state index contributed by atoms with van der Waals surface area (Å²) in [6.07, 6.45) is 12.8. The molecule has 0 radical (unpaired) electrons. The van der Waals surface area contributed by atoms with E-state index < -0.39 is 5.97 Å². The van der Waals surface area contributed by atoms with Gasteiger partial charge in [0.15, 0.2) is 0 Å². The first-order valence-corrected chi connectivity index (χ1v) is 6.45. The minimum Gasteiger partial charge on any atom is -0.481 e. The molecule has 2 N–H and O–H groups in total. The van der Waals surface area contributed by atoms with Gasteiger partial charge in [-0.2, -0.15) is 0 Å². The number of carboxylic acid groups (broad SMARTS) is 1. The highest BCUT2D eigenvalue weighted by Crippen LogP contribution is 1.98. The molecule has 0 rings (SSSR count). The third kappa shape index (κ3) is 14.9. The highest BCUT2D eigenvalue weighted by molar-refractivity contribution is 5.66. The van der Waals surface area contributed by atoms with Gasteiger partial charge >= 0.3 is 5.97 Å². The third-order valence-corrected chi connectivity index (χ3v) is 2.45. The van der Waals surface area contributed by atoms with E-state index in [1.54, 1.807) is 0 Å². The van der Waals surface area contributed by atoms with Crippen molar-refractivity contribution >= 4 is 5.97 Å². The Morgan fingerprint density at radius 1 is 1.12 bits per heavy atom. The minimum atomic E-state index is -0.694. The van der Waals surface area contributed by atoms with Crippen molar-refractivity contribution in [3.8, 4) is 0 Å². The molecule has 0 aliphatic carbocycles. The Morgan fingerprint density at radius 3 is 2.65 bits per heavy atom. The van der Waals surface area contributed by atoms with Gasteiger partial charge in [0, 0.05) is 13.0 Å². The fraction of sp³-hybridized carbons (Fsp3) is 0.643. The standard InChI is InChI=1S/C14H25NO2/c1-2-3-4-5-6-9-12-15-13-10-7-8-11-14(16)17/h2,6,9,15H,1,3-5,7-8,10-13H2,(H,16,17). The zero-order valence-corrected chi connectivity index (χ0v) is 10.7. The van der Waals surface area contributed by atoms with E-state index in [-0.39, 0.29) is 0 Å². The number of aliphatic carboxylic acids is 1. The van der Waals surface area contributed by atoms with Gasteiger partial charge in [0.1, 0.15) is 0 Å². The Hall–Kier alpha value is -1.09. The van der Waals surface area contributed by atoms with E-state index in [2.05, 4.69) is 24.0 Å². The van der Waals surface area contributed by atoms with E-state index in [0.717, 1.165) is 45.2 Å². The molecular weight excluding hydrogens is 214 g/mol. The number of rotatable bonds is 12. The van der Waals surface area contributed by atoms with E-state index in [4.69, 9.17) is 5.11 Å². The Balaban J connectivity index is 3.07. The zero-order valence-electron chi connectivity index (χ0n) is 10.7. The van der Waals surface area contributed by atoms with Crippen LogP contribution in [0.2, 0.25) is 0 Å². The van der Waals surface area contributed by atoms with Crippen LogP contribution in [0.1, 0.15) is 44.9 Å². The molecule has 0 saturated carbocycles. The van der Waals surface area contributed by atoms with Crippen LogP contribution in [0.5, 0.6) is 0 Å². The van der Waals surface area contributed by atoms with Gasteiger partial charge in [0.05, 0.1) is 0 Å². The van der Waals surface area contributed by atoms with Crippen molar-refractivity contribution in [2.24, 2.45) is 0 Å². The van der Waals surface area contributed by atoms with Crippen LogP contribution in [-0.2, 0) is 4.79 Å². The monoisotopic (exact) mass is 239 g/mol.